The van der Waals surface area contributed by atoms with E-state index in [1.165, 1.54) is 0 Å². The molecule has 0 aromatic rings. The average molecular weight is 287 g/mol. The van der Waals surface area contributed by atoms with Crippen LogP contribution in [0.15, 0.2) is 0 Å². The number of hydrogen-bond acceptors (Lipinski definition) is 5. The molecular formula is C14H25NO5. The van der Waals surface area contributed by atoms with Crippen LogP contribution in [0.1, 0.15) is 60.3 Å². The smallest absolute Gasteiger partial charge is 0.441 e. The zero-order valence-corrected chi connectivity index (χ0v) is 12.9. The molecule has 1 unspecified atom stereocenters. The molecular weight excluding hydrogens is 262 g/mol. The Hall–Kier alpha value is -1.59. The number of Topliss-reactive ketones (excluding diaryl/α,β-unsaturated/α-hetero) is 1. The van der Waals surface area contributed by atoms with E-state index in [0.717, 1.165) is 12.8 Å². The molecule has 0 aliphatic carbocycles. The van der Waals surface area contributed by atoms with Crippen LogP contribution in [0.5, 0.6) is 0 Å². The standard InChI is InChI=1S/C14H25NO5/c1-10(8-6-7-9-11(2)16)12(17)20-15-13(18)19-14(3,4)5/h10H,6-9H2,1-5H3,(H,15,18). The van der Waals surface area contributed by atoms with Crippen molar-refractivity contribution in [3.63, 3.8) is 0 Å². The molecule has 1 N–H and O–H groups in total. The highest BCUT2D eigenvalue weighted by molar-refractivity contribution is 5.75. The normalized spacial score (nSPS) is 12.4. The number of unbranched alkanes of at least 4 members (excludes halogenated alkanes) is 1. The fourth-order valence-electron chi connectivity index (χ4n) is 1.43. The van der Waals surface area contributed by atoms with Crippen molar-refractivity contribution in [1.29, 1.82) is 0 Å². The molecule has 1 atom stereocenters. The van der Waals surface area contributed by atoms with Crippen LogP contribution in [0.3, 0.4) is 0 Å². The summed E-state index contributed by atoms with van der Waals surface area (Å²) in [5.74, 6) is -0.706. The van der Waals surface area contributed by atoms with E-state index < -0.39 is 17.7 Å². The largest absolute Gasteiger partial charge is 0.442 e. The van der Waals surface area contributed by atoms with Crippen LogP contribution in [0, 0.1) is 5.92 Å². The van der Waals surface area contributed by atoms with Crippen LogP contribution in [0.2, 0.25) is 0 Å². The van der Waals surface area contributed by atoms with Crippen molar-refractivity contribution < 1.29 is 24.0 Å². The summed E-state index contributed by atoms with van der Waals surface area (Å²) >= 11 is 0. The third kappa shape index (κ3) is 10.3. The van der Waals surface area contributed by atoms with Crippen LogP contribution in [-0.2, 0) is 19.2 Å². The third-order valence-electron chi connectivity index (χ3n) is 2.45. The van der Waals surface area contributed by atoms with Gasteiger partial charge >= 0.3 is 12.1 Å². The second-order valence-corrected chi connectivity index (χ2v) is 5.87. The number of nitrogens with one attached hydrogen (secondary N) is 1. The van der Waals surface area contributed by atoms with Gasteiger partial charge in [0.25, 0.3) is 0 Å². The highest BCUT2D eigenvalue weighted by Crippen LogP contribution is 2.11. The van der Waals surface area contributed by atoms with Crippen LogP contribution in [0.25, 0.3) is 0 Å². The van der Waals surface area contributed by atoms with Crippen LogP contribution < -0.4 is 5.48 Å². The topological polar surface area (TPSA) is 81.7 Å². The van der Waals surface area contributed by atoms with Gasteiger partial charge < -0.3 is 14.4 Å². The van der Waals surface area contributed by atoms with Crippen molar-refractivity contribution in [2.75, 3.05) is 0 Å². The van der Waals surface area contributed by atoms with E-state index in [1.54, 1.807) is 34.6 Å². The number of carbonyl (C=O) groups is 3. The Balaban J connectivity index is 3.85. The van der Waals surface area contributed by atoms with E-state index in [1.807, 2.05) is 5.48 Å². The minimum Gasteiger partial charge on any atom is -0.442 e. The lowest BCUT2D eigenvalue weighted by Gasteiger charge is -2.19. The number of hydroxylamine groups is 1. The van der Waals surface area contributed by atoms with E-state index in [4.69, 9.17) is 4.74 Å². The lowest BCUT2D eigenvalue weighted by atomic mass is 10.0. The Bertz CT molecular complexity index is 346. The quantitative estimate of drug-likeness (QED) is 0.600. The summed E-state index contributed by atoms with van der Waals surface area (Å²) in [6, 6.07) is 0. The monoisotopic (exact) mass is 287 g/mol. The number of hydrogen-bond donors (Lipinski definition) is 1. The predicted octanol–water partition coefficient (Wildman–Crippen LogP) is 2.75. The van der Waals surface area contributed by atoms with Gasteiger partial charge in [0.05, 0.1) is 5.92 Å². The molecule has 0 bridgehead atoms. The van der Waals surface area contributed by atoms with Gasteiger partial charge in [-0.25, -0.2) is 9.59 Å². The van der Waals surface area contributed by atoms with Crippen LogP contribution >= 0.6 is 0 Å². The van der Waals surface area contributed by atoms with E-state index >= 15 is 0 Å². The molecule has 0 saturated heterocycles. The second kappa shape index (κ2) is 8.55. The molecule has 0 spiro atoms. The van der Waals surface area contributed by atoms with Crippen LogP contribution in [-0.4, -0.2) is 23.4 Å². The number of amides is 1. The molecule has 116 valence electrons. The Morgan fingerprint density at radius 3 is 2.25 bits per heavy atom. The predicted molar refractivity (Wildman–Crippen MR) is 73.8 cm³/mol. The number of rotatable bonds is 6. The zero-order valence-electron chi connectivity index (χ0n) is 12.9. The molecule has 0 aromatic carbocycles. The summed E-state index contributed by atoms with van der Waals surface area (Å²) in [4.78, 5) is 38.3. The van der Waals surface area contributed by atoms with E-state index in [2.05, 4.69) is 4.84 Å². The van der Waals surface area contributed by atoms with Gasteiger partial charge in [-0.15, -0.1) is 5.48 Å². The van der Waals surface area contributed by atoms with E-state index in [9.17, 15) is 14.4 Å². The highest BCUT2D eigenvalue weighted by atomic mass is 16.7. The van der Waals surface area contributed by atoms with Crippen molar-refractivity contribution in [2.24, 2.45) is 5.92 Å². The van der Waals surface area contributed by atoms with Gasteiger partial charge in [0.1, 0.15) is 11.4 Å². The molecule has 0 fully saturated rings. The Morgan fingerprint density at radius 2 is 1.75 bits per heavy atom. The van der Waals surface area contributed by atoms with Gasteiger partial charge in [-0.1, -0.05) is 13.3 Å². The maximum Gasteiger partial charge on any atom is 0.441 e. The summed E-state index contributed by atoms with van der Waals surface area (Å²) in [6.07, 6.45) is 1.86. The summed E-state index contributed by atoms with van der Waals surface area (Å²) in [5.41, 5.74) is 1.32. The minimum absolute atomic E-state index is 0.145. The summed E-state index contributed by atoms with van der Waals surface area (Å²) in [5, 5.41) is 0. The first-order valence-electron chi connectivity index (χ1n) is 6.81. The van der Waals surface area contributed by atoms with Gasteiger partial charge in [-0.05, 0) is 40.5 Å². The van der Waals surface area contributed by atoms with Crippen molar-refractivity contribution in [3.8, 4) is 0 Å². The molecule has 0 radical (unpaired) electrons. The fraction of sp³-hybridized carbons (Fsp3) is 0.786. The molecule has 0 saturated carbocycles. The molecule has 0 aliphatic rings. The Morgan fingerprint density at radius 1 is 1.15 bits per heavy atom. The molecule has 20 heavy (non-hydrogen) atoms. The summed E-state index contributed by atoms with van der Waals surface area (Å²) in [6.45, 7) is 8.40. The molecule has 1 amide bonds. The number of ether oxygens (including phenoxy) is 1. The maximum atomic E-state index is 11.6. The molecule has 6 nitrogen and oxygen atoms in total. The zero-order chi connectivity index (χ0) is 15.8. The van der Waals surface area contributed by atoms with E-state index in [0.29, 0.717) is 12.8 Å². The first-order valence-corrected chi connectivity index (χ1v) is 6.81. The molecule has 0 heterocycles. The van der Waals surface area contributed by atoms with Gasteiger partial charge in [0, 0.05) is 6.42 Å². The number of ketones is 1. The SMILES string of the molecule is CC(=O)CCCCC(C)C(=O)ONC(=O)OC(C)(C)C. The first kappa shape index (κ1) is 18.4. The maximum absolute atomic E-state index is 11.6. The fourth-order valence-corrected chi connectivity index (χ4v) is 1.43. The Kier molecular flexibility index (Phi) is 7.87. The average Bonchev–Trinajstić information content (AvgIpc) is 2.28. The summed E-state index contributed by atoms with van der Waals surface area (Å²) in [7, 11) is 0. The number of carbonyl (C=O) groups excluding carboxylic acids is 3. The van der Waals surface area contributed by atoms with Crippen molar-refractivity contribution in [2.45, 2.75) is 65.9 Å². The first-order chi connectivity index (χ1) is 9.11. The molecule has 6 heteroatoms. The lowest BCUT2D eigenvalue weighted by molar-refractivity contribution is -0.155. The van der Waals surface area contributed by atoms with Gasteiger partial charge in [0.2, 0.25) is 0 Å². The van der Waals surface area contributed by atoms with Crippen molar-refractivity contribution >= 4 is 17.8 Å². The van der Waals surface area contributed by atoms with Crippen molar-refractivity contribution in [1.82, 2.24) is 5.48 Å². The van der Waals surface area contributed by atoms with Gasteiger partial charge in [0.15, 0.2) is 0 Å². The lowest BCUT2D eigenvalue weighted by Crippen LogP contribution is -2.35. The molecule has 0 rings (SSSR count). The Labute approximate surface area is 120 Å². The summed E-state index contributed by atoms with van der Waals surface area (Å²) < 4.78 is 4.93. The molecule has 0 aliphatic heterocycles. The molecule has 0 aromatic heterocycles. The third-order valence-corrected chi connectivity index (χ3v) is 2.45. The van der Waals surface area contributed by atoms with Crippen LogP contribution in [0.4, 0.5) is 4.79 Å². The van der Waals surface area contributed by atoms with Gasteiger partial charge in [-0.3, -0.25) is 0 Å². The minimum atomic E-state index is -0.797. The van der Waals surface area contributed by atoms with E-state index in [-0.39, 0.29) is 11.7 Å². The van der Waals surface area contributed by atoms with Gasteiger partial charge in [-0.2, -0.15) is 0 Å². The highest BCUT2D eigenvalue weighted by Gasteiger charge is 2.19. The second-order valence-electron chi connectivity index (χ2n) is 5.87. The van der Waals surface area contributed by atoms with Crippen molar-refractivity contribution in [3.05, 3.63) is 0 Å².